The van der Waals surface area contributed by atoms with Crippen molar-refractivity contribution in [3.8, 4) is 11.1 Å². The lowest BCUT2D eigenvalue weighted by Gasteiger charge is -2.47. The molecule has 1 aromatic heterocycles. The van der Waals surface area contributed by atoms with Gasteiger partial charge < -0.3 is 28.9 Å². The average molecular weight is 1290 g/mol. The lowest BCUT2D eigenvalue weighted by Crippen LogP contribution is -2.64. The maximum atomic E-state index is 6.73. The SMILES string of the molecule is Cc1cc(C)c(N(c2ccccc2)c2cc3c4c(c2)N(c2c(C)cc(C)cc2C)c2ccccc2B4c2cc4c(cc2N3c2ccccc2)N(c2ccccc2-c2cccc3oc5ccccc5c23)c2cc(N(c3ccccc3)c3ccccc3)cc3c2B4c2ccccc2S3)c(C)c1. The van der Waals surface area contributed by atoms with Gasteiger partial charge in [-0.3, -0.25) is 0 Å². The maximum Gasteiger partial charge on any atom is 0.252 e. The second-order valence-electron chi connectivity index (χ2n) is 27.1. The van der Waals surface area contributed by atoms with Crippen molar-refractivity contribution in [2.45, 2.75) is 51.3 Å². The van der Waals surface area contributed by atoms with Crippen LogP contribution in [-0.4, -0.2) is 13.4 Å². The summed E-state index contributed by atoms with van der Waals surface area (Å²) < 4.78 is 6.73. The van der Waals surface area contributed by atoms with Crippen molar-refractivity contribution in [3.05, 3.63) is 331 Å². The van der Waals surface area contributed by atoms with E-state index in [9.17, 15) is 0 Å². The summed E-state index contributed by atoms with van der Waals surface area (Å²) in [5.74, 6) is 0. The minimum absolute atomic E-state index is 0.143. The van der Waals surface area contributed by atoms with E-state index in [4.69, 9.17) is 4.42 Å². The summed E-state index contributed by atoms with van der Waals surface area (Å²) >= 11 is 1.89. The van der Waals surface area contributed by atoms with Gasteiger partial charge in [-0.2, -0.15) is 0 Å². The Bertz CT molecular complexity index is 5710. The van der Waals surface area contributed by atoms with Gasteiger partial charge in [0.1, 0.15) is 11.2 Å². The molecule has 0 bridgehead atoms. The summed E-state index contributed by atoms with van der Waals surface area (Å²) in [6.07, 6.45) is 0. The fourth-order valence-corrected chi connectivity index (χ4v) is 18.4. The molecule has 4 aliphatic heterocycles. The summed E-state index contributed by atoms with van der Waals surface area (Å²) in [5, 5.41) is 2.19. The average Bonchev–Trinajstić information content (AvgIpc) is 0.926. The smallest absolute Gasteiger partial charge is 0.252 e. The minimum atomic E-state index is -0.190. The zero-order chi connectivity index (χ0) is 66.3. The van der Waals surface area contributed by atoms with E-state index in [-0.39, 0.29) is 13.4 Å². The fourth-order valence-electron chi connectivity index (χ4n) is 17.3. The van der Waals surface area contributed by atoms with E-state index in [2.05, 4.69) is 363 Å². The van der Waals surface area contributed by atoms with Gasteiger partial charge in [0.05, 0.1) is 22.7 Å². The number of hydrogen-bond acceptors (Lipinski definition) is 7. The molecule has 0 aliphatic carbocycles. The van der Waals surface area contributed by atoms with Crippen LogP contribution >= 0.6 is 11.8 Å². The first-order valence-corrected chi connectivity index (χ1v) is 35.2. The van der Waals surface area contributed by atoms with Crippen LogP contribution in [0.5, 0.6) is 0 Å². The molecule has 470 valence electrons. The second kappa shape index (κ2) is 23.0. The van der Waals surface area contributed by atoms with E-state index in [1.807, 2.05) is 11.8 Å². The molecule has 0 amide bonds. The Morgan fingerprint density at radius 2 is 0.808 bits per heavy atom. The van der Waals surface area contributed by atoms with E-state index in [0.717, 1.165) is 101 Å². The standard InChI is InChI=1S/C90H67B2N5OS/c1-56-46-58(3)89(59(4)47-56)94(64-32-15-9-16-33-64)66-50-79-87-80(51-66)97(90-60(5)48-57(2)49-61(90)6)76-42-24-21-39-71(76)91(87)73-54-74-78(55-77(73)95(79)65-34-17-10-18-35-65)96(75-41-23-19-36-68(75)69-38-27-44-83-86(69)70-37-20-25-43-82(70)98-83)81-52-67(53-85-88(81)92(74)72-40-22-26-45-84(72)99-85)93(62-28-11-7-12-29-62)63-30-13-8-14-31-63/h7-55H,1-6H3. The number of aryl methyl sites for hydroxylation is 6. The molecule has 6 nitrogen and oxygen atoms in total. The quantitative estimate of drug-likeness (QED) is 0.126. The molecule has 4 aliphatic rings. The highest BCUT2D eigenvalue weighted by Gasteiger charge is 2.49. The molecule has 99 heavy (non-hydrogen) atoms. The van der Waals surface area contributed by atoms with Crippen LogP contribution in [0.2, 0.25) is 0 Å². The van der Waals surface area contributed by atoms with Gasteiger partial charge in [-0.25, -0.2) is 0 Å². The molecule has 9 heteroatoms. The number of para-hydroxylation sites is 7. The second-order valence-corrected chi connectivity index (χ2v) is 28.2. The first kappa shape index (κ1) is 58.7. The van der Waals surface area contributed by atoms with Crippen LogP contribution in [0.25, 0.3) is 33.1 Å². The summed E-state index contributed by atoms with van der Waals surface area (Å²) in [6.45, 7) is 13.2. The van der Waals surface area contributed by atoms with E-state index >= 15 is 0 Å². The third-order valence-electron chi connectivity index (χ3n) is 20.9. The highest BCUT2D eigenvalue weighted by Crippen LogP contribution is 2.54. The van der Waals surface area contributed by atoms with Gasteiger partial charge in [0.25, 0.3) is 6.71 Å². The number of hydrogen-bond donors (Lipinski definition) is 0. The molecule has 5 heterocycles. The predicted molar refractivity (Wildman–Crippen MR) is 421 cm³/mol. The van der Waals surface area contributed by atoms with Gasteiger partial charge in [0, 0.05) is 88.7 Å². The number of fused-ring (bicyclic) bond motifs is 11. The Morgan fingerprint density at radius 3 is 1.48 bits per heavy atom. The number of benzene rings is 14. The zero-order valence-electron chi connectivity index (χ0n) is 56.0. The summed E-state index contributed by atoms with van der Waals surface area (Å²) in [7, 11) is 0. The van der Waals surface area contributed by atoms with Gasteiger partial charge in [-0.15, -0.1) is 0 Å². The first-order chi connectivity index (χ1) is 48.6. The third-order valence-corrected chi connectivity index (χ3v) is 22.0. The largest absolute Gasteiger partial charge is 0.456 e. The molecule has 0 fully saturated rings. The van der Waals surface area contributed by atoms with E-state index < -0.39 is 0 Å². The molecule has 0 atom stereocenters. The van der Waals surface area contributed by atoms with Gasteiger partial charge in [0.15, 0.2) is 0 Å². The lowest BCUT2D eigenvalue weighted by atomic mass is 9.30. The Balaban J connectivity index is 0.954. The topological polar surface area (TPSA) is 29.3 Å². The van der Waals surface area contributed by atoms with Gasteiger partial charge in [0.2, 0.25) is 6.71 Å². The molecule has 19 rings (SSSR count). The maximum absolute atomic E-state index is 6.73. The molecule has 14 aromatic carbocycles. The molecule has 0 N–H and O–H groups in total. The van der Waals surface area contributed by atoms with Crippen molar-refractivity contribution >= 4 is 165 Å². The number of nitrogens with zero attached hydrogens (tertiary/aromatic N) is 5. The molecule has 0 spiro atoms. The van der Waals surface area contributed by atoms with Crippen LogP contribution < -0.4 is 57.3 Å². The predicted octanol–water partition coefficient (Wildman–Crippen LogP) is 20.9. The van der Waals surface area contributed by atoms with E-state index in [0.29, 0.717) is 0 Å². The Morgan fingerprint density at radius 1 is 0.313 bits per heavy atom. The zero-order valence-corrected chi connectivity index (χ0v) is 56.8. The highest BCUT2D eigenvalue weighted by atomic mass is 32.2. The summed E-state index contributed by atoms with van der Waals surface area (Å²) in [5.41, 5.74) is 35.7. The Hall–Kier alpha value is -11.6. The molecule has 0 saturated heterocycles. The Kier molecular flexibility index (Phi) is 13.6. The van der Waals surface area contributed by atoms with Crippen molar-refractivity contribution in [2.24, 2.45) is 0 Å². The van der Waals surface area contributed by atoms with Crippen LogP contribution in [-0.2, 0) is 0 Å². The molecule has 0 saturated carbocycles. The van der Waals surface area contributed by atoms with Crippen molar-refractivity contribution in [3.63, 3.8) is 0 Å². The number of rotatable bonds is 10. The van der Waals surface area contributed by atoms with Crippen molar-refractivity contribution in [1.29, 1.82) is 0 Å². The molecule has 15 aromatic rings. The monoisotopic (exact) mass is 1290 g/mol. The number of furan rings is 1. The highest BCUT2D eigenvalue weighted by molar-refractivity contribution is 8.00. The van der Waals surface area contributed by atoms with Crippen LogP contribution in [0, 0.1) is 41.5 Å². The minimum Gasteiger partial charge on any atom is -0.456 e. The third kappa shape index (κ3) is 9.21. The van der Waals surface area contributed by atoms with Gasteiger partial charge in [-0.1, -0.05) is 216 Å². The van der Waals surface area contributed by atoms with Crippen molar-refractivity contribution < 1.29 is 4.42 Å². The molecular formula is C90H67B2N5OS. The molecule has 0 unspecified atom stereocenters. The summed E-state index contributed by atoms with van der Waals surface area (Å²) in [4.78, 5) is 15.3. The van der Waals surface area contributed by atoms with Crippen molar-refractivity contribution in [1.82, 2.24) is 0 Å². The van der Waals surface area contributed by atoms with Crippen LogP contribution in [0.1, 0.15) is 33.4 Å². The van der Waals surface area contributed by atoms with Crippen LogP contribution in [0.3, 0.4) is 0 Å². The molecule has 0 radical (unpaired) electrons. The van der Waals surface area contributed by atoms with Gasteiger partial charge in [-0.05, 0) is 206 Å². The molecular weight excluding hydrogens is 1220 g/mol. The first-order valence-electron chi connectivity index (χ1n) is 34.4. The van der Waals surface area contributed by atoms with Crippen molar-refractivity contribution in [2.75, 3.05) is 24.5 Å². The summed E-state index contributed by atoms with van der Waals surface area (Å²) in [6, 6.07) is 111. The van der Waals surface area contributed by atoms with Gasteiger partial charge >= 0.3 is 0 Å². The lowest BCUT2D eigenvalue weighted by molar-refractivity contribution is 0.669. The van der Waals surface area contributed by atoms with Crippen LogP contribution in [0.4, 0.5) is 85.3 Å². The van der Waals surface area contributed by atoms with E-state index in [1.54, 1.807) is 0 Å². The van der Waals surface area contributed by atoms with Crippen LogP contribution in [0.15, 0.2) is 311 Å². The Labute approximate surface area is 583 Å². The fraction of sp³-hybridized carbons (Fsp3) is 0.0667. The van der Waals surface area contributed by atoms with E-state index in [1.165, 1.54) is 93.0 Å². The normalized spacial score (nSPS) is 13.0. The number of anilines is 15.